The van der Waals surface area contributed by atoms with Crippen molar-refractivity contribution in [1.29, 1.82) is 0 Å². The van der Waals surface area contributed by atoms with Crippen LogP contribution in [0.15, 0.2) is 30.6 Å². The molecule has 0 aliphatic heterocycles. The SMILES string of the molecule is O=C(NCc1cn[nH]c1)c1cc([N+](=O)[O-])ccc1Cl. The first-order valence-electron chi connectivity index (χ1n) is 5.27. The summed E-state index contributed by atoms with van der Waals surface area (Å²) in [6, 6.07) is 3.72. The summed E-state index contributed by atoms with van der Waals surface area (Å²) in [7, 11) is 0. The number of carbonyl (C=O) groups excluding carboxylic acids is 1. The number of nitro groups is 1. The Balaban J connectivity index is 2.14. The average Bonchev–Trinajstić information content (AvgIpc) is 2.89. The fourth-order valence-electron chi connectivity index (χ4n) is 1.45. The molecular weight excluding hydrogens is 272 g/mol. The second-order valence-electron chi connectivity index (χ2n) is 3.71. The zero-order valence-electron chi connectivity index (χ0n) is 9.59. The molecular formula is C11H9ClN4O3. The number of nitro benzene ring substituents is 1. The minimum absolute atomic E-state index is 0.0689. The Hall–Kier alpha value is -2.41. The Morgan fingerprint density at radius 3 is 2.95 bits per heavy atom. The van der Waals surface area contributed by atoms with Crippen molar-refractivity contribution < 1.29 is 9.72 Å². The van der Waals surface area contributed by atoms with E-state index in [1.807, 2.05) is 0 Å². The summed E-state index contributed by atoms with van der Waals surface area (Å²) >= 11 is 5.85. The number of H-pyrrole nitrogens is 1. The molecule has 1 aromatic heterocycles. The summed E-state index contributed by atoms with van der Waals surface area (Å²) in [5.74, 6) is -0.477. The van der Waals surface area contributed by atoms with Gasteiger partial charge in [0.15, 0.2) is 0 Å². The predicted molar refractivity (Wildman–Crippen MR) is 67.9 cm³/mol. The number of aromatic amines is 1. The van der Waals surface area contributed by atoms with Crippen molar-refractivity contribution in [2.24, 2.45) is 0 Å². The molecule has 0 saturated heterocycles. The summed E-state index contributed by atoms with van der Waals surface area (Å²) in [5.41, 5.74) is 0.673. The quantitative estimate of drug-likeness (QED) is 0.659. The molecule has 0 aliphatic rings. The number of hydrogen-bond acceptors (Lipinski definition) is 4. The second-order valence-corrected chi connectivity index (χ2v) is 4.12. The fraction of sp³-hybridized carbons (Fsp3) is 0.0909. The number of halogens is 1. The van der Waals surface area contributed by atoms with Crippen molar-refractivity contribution in [2.75, 3.05) is 0 Å². The maximum Gasteiger partial charge on any atom is 0.270 e. The molecule has 1 aromatic carbocycles. The van der Waals surface area contributed by atoms with Gasteiger partial charge in [0.05, 0.1) is 21.7 Å². The zero-order chi connectivity index (χ0) is 13.8. The van der Waals surface area contributed by atoms with E-state index < -0.39 is 10.8 Å². The molecule has 98 valence electrons. The van der Waals surface area contributed by atoms with Crippen LogP contribution in [0, 0.1) is 10.1 Å². The molecule has 2 rings (SSSR count). The lowest BCUT2D eigenvalue weighted by molar-refractivity contribution is -0.384. The molecule has 19 heavy (non-hydrogen) atoms. The highest BCUT2D eigenvalue weighted by atomic mass is 35.5. The van der Waals surface area contributed by atoms with E-state index in [2.05, 4.69) is 15.5 Å². The first-order valence-corrected chi connectivity index (χ1v) is 5.65. The molecule has 0 bridgehead atoms. The van der Waals surface area contributed by atoms with Crippen LogP contribution >= 0.6 is 11.6 Å². The van der Waals surface area contributed by atoms with Crippen LogP contribution in [0.25, 0.3) is 0 Å². The van der Waals surface area contributed by atoms with E-state index in [0.717, 1.165) is 11.6 Å². The minimum Gasteiger partial charge on any atom is -0.348 e. The molecule has 0 unspecified atom stereocenters. The Labute approximate surface area is 112 Å². The van der Waals surface area contributed by atoms with Crippen LogP contribution in [0.2, 0.25) is 5.02 Å². The van der Waals surface area contributed by atoms with Gasteiger partial charge in [-0.2, -0.15) is 5.10 Å². The van der Waals surface area contributed by atoms with Crippen LogP contribution in [0.3, 0.4) is 0 Å². The molecule has 1 heterocycles. The smallest absolute Gasteiger partial charge is 0.270 e. The predicted octanol–water partition coefficient (Wildman–Crippen LogP) is 1.90. The van der Waals surface area contributed by atoms with Gasteiger partial charge in [0.2, 0.25) is 0 Å². The van der Waals surface area contributed by atoms with Gasteiger partial charge in [-0.05, 0) is 6.07 Å². The van der Waals surface area contributed by atoms with E-state index in [4.69, 9.17) is 11.6 Å². The van der Waals surface area contributed by atoms with E-state index in [9.17, 15) is 14.9 Å². The van der Waals surface area contributed by atoms with Crippen LogP contribution in [-0.4, -0.2) is 21.0 Å². The van der Waals surface area contributed by atoms with Gasteiger partial charge in [0.1, 0.15) is 0 Å². The van der Waals surface area contributed by atoms with Crippen molar-refractivity contribution in [3.63, 3.8) is 0 Å². The van der Waals surface area contributed by atoms with Crippen molar-refractivity contribution in [2.45, 2.75) is 6.54 Å². The van der Waals surface area contributed by atoms with Gasteiger partial charge in [-0.15, -0.1) is 0 Å². The first-order chi connectivity index (χ1) is 9.08. The molecule has 0 atom stereocenters. The molecule has 1 amide bonds. The van der Waals surface area contributed by atoms with Crippen LogP contribution in [-0.2, 0) is 6.54 Å². The Kier molecular flexibility index (Phi) is 3.76. The summed E-state index contributed by atoms with van der Waals surface area (Å²) < 4.78 is 0. The van der Waals surface area contributed by atoms with Crippen LogP contribution < -0.4 is 5.32 Å². The molecule has 7 nitrogen and oxygen atoms in total. The highest BCUT2D eigenvalue weighted by molar-refractivity contribution is 6.33. The summed E-state index contributed by atoms with van der Waals surface area (Å²) in [6.45, 7) is 0.258. The molecule has 2 aromatic rings. The molecule has 0 spiro atoms. The summed E-state index contributed by atoms with van der Waals surface area (Å²) in [4.78, 5) is 22.0. The lowest BCUT2D eigenvalue weighted by atomic mass is 10.2. The molecule has 8 heteroatoms. The number of benzene rings is 1. The number of nitrogens with one attached hydrogen (secondary N) is 2. The second kappa shape index (κ2) is 5.49. The minimum atomic E-state index is -0.580. The number of amides is 1. The number of rotatable bonds is 4. The largest absolute Gasteiger partial charge is 0.348 e. The monoisotopic (exact) mass is 280 g/mol. The number of carbonyl (C=O) groups is 1. The van der Waals surface area contributed by atoms with Gasteiger partial charge in [-0.3, -0.25) is 20.0 Å². The van der Waals surface area contributed by atoms with Crippen molar-refractivity contribution in [1.82, 2.24) is 15.5 Å². The van der Waals surface area contributed by atoms with Crippen molar-refractivity contribution in [3.8, 4) is 0 Å². The number of nitrogens with zero attached hydrogens (tertiary/aromatic N) is 2. The van der Waals surface area contributed by atoms with E-state index in [-0.39, 0.29) is 22.8 Å². The third-order valence-electron chi connectivity index (χ3n) is 2.41. The van der Waals surface area contributed by atoms with Gasteiger partial charge in [0, 0.05) is 30.4 Å². The Bertz CT molecular complexity index is 612. The Morgan fingerprint density at radius 1 is 1.53 bits per heavy atom. The van der Waals surface area contributed by atoms with Gasteiger partial charge in [-0.1, -0.05) is 11.6 Å². The zero-order valence-corrected chi connectivity index (χ0v) is 10.3. The van der Waals surface area contributed by atoms with E-state index in [1.54, 1.807) is 12.4 Å². The van der Waals surface area contributed by atoms with Crippen molar-refractivity contribution >= 4 is 23.2 Å². The van der Waals surface area contributed by atoms with E-state index >= 15 is 0 Å². The normalized spacial score (nSPS) is 10.2. The fourth-order valence-corrected chi connectivity index (χ4v) is 1.66. The van der Waals surface area contributed by atoms with Crippen LogP contribution in [0.5, 0.6) is 0 Å². The van der Waals surface area contributed by atoms with Gasteiger partial charge >= 0.3 is 0 Å². The van der Waals surface area contributed by atoms with Gasteiger partial charge < -0.3 is 5.32 Å². The molecule has 0 fully saturated rings. The molecule has 0 saturated carbocycles. The third kappa shape index (κ3) is 3.08. The third-order valence-corrected chi connectivity index (χ3v) is 2.74. The number of hydrogen-bond donors (Lipinski definition) is 2. The summed E-state index contributed by atoms with van der Waals surface area (Å²) in [5, 5.41) is 19.8. The molecule has 0 aliphatic carbocycles. The first kappa shape index (κ1) is 13.0. The van der Waals surface area contributed by atoms with Gasteiger partial charge in [0.25, 0.3) is 11.6 Å². The Morgan fingerprint density at radius 2 is 2.32 bits per heavy atom. The number of non-ortho nitro benzene ring substituents is 1. The molecule has 2 N–H and O–H groups in total. The topological polar surface area (TPSA) is 101 Å². The maximum absolute atomic E-state index is 11.9. The highest BCUT2D eigenvalue weighted by Gasteiger charge is 2.15. The van der Waals surface area contributed by atoms with E-state index in [0.29, 0.717) is 0 Å². The van der Waals surface area contributed by atoms with Gasteiger partial charge in [-0.25, -0.2) is 0 Å². The number of aromatic nitrogens is 2. The maximum atomic E-state index is 11.9. The van der Waals surface area contributed by atoms with Crippen molar-refractivity contribution in [3.05, 3.63) is 56.9 Å². The van der Waals surface area contributed by atoms with Crippen LogP contribution in [0.1, 0.15) is 15.9 Å². The molecule has 0 radical (unpaired) electrons. The standard InChI is InChI=1S/C11H9ClN4O3/c12-10-2-1-8(16(18)19)3-9(10)11(17)13-4-7-5-14-15-6-7/h1-3,5-6H,4H2,(H,13,17)(H,14,15). The lowest BCUT2D eigenvalue weighted by Gasteiger charge is -2.05. The van der Waals surface area contributed by atoms with Crippen LogP contribution in [0.4, 0.5) is 5.69 Å². The highest BCUT2D eigenvalue weighted by Crippen LogP contribution is 2.21. The van der Waals surface area contributed by atoms with E-state index in [1.165, 1.54) is 12.1 Å². The average molecular weight is 281 g/mol. The lowest BCUT2D eigenvalue weighted by Crippen LogP contribution is -2.23. The summed E-state index contributed by atoms with van der Waals surface area (Å²) in [6.07, 6.45) is 3.20.